The first-order valence-electron chi connectivity index (χ1n) is 6.68. The predicted molar refractivity (Wildman–Crippen MR) is 68.0 cm³/mol. The second-order valence-electron chi connectivity index (χ2n) is 4.80. The van der Waals surface area contributed by atoms with Gasteiger partial charge in [0.2, 0.25) is 5.91 Å². The van der Waals surface area contributed by atoms with Crippen LogP contribution in [0.3, 0.4) is 0 Å². The molecular weight excluding hydrogens is 230 g/mol. The first-order chi connectivity index (χ1) is 8.74. The van der Waals surface area contributed by atoms with Gasteiger partial charge in [0, 0.05) is 25.1 Å². The van der Waals surface area contributed by atoms with Crippen LogP contribution in [0.15, 0.2) is 10.6 Å². The molecule has 2 N–H and O–H groups in total. The van der Waals surface area contributed by atoms with E-state index in [1.54, 1.807) is 0 Å². The summed E-state index contributed by atoms with van der Waals surface area (Å²) >= 11 is 0. The Labute approximate surface area is 107 Å². The van der Waals surface area contributed by atoms with E-state index in [4.69, 9.17) is 4.52 Å². The van der Waals surface area contributed by atoms with E-state index in [1.807, 2.05) is 6.07 Å². The molecule has 0 unspecified atom stereocenters. The molecule has 1 aromatic rings. The van der Waals surface area contributed by atoms with Gasteiger partial charge in [-0.1, -0.05) is 19.0 Å². The number of rotatable bonds is 6. The molecule has 0 atom stereocenters. The van der Waals surface area contributed by atoms with Crippen LogP contribution in [0.2, 0.25) is 0 Å². The third kappa shape index (κ3) is 2.90. The highest BCUT2D eigenvalue weighted by Crippen LogP contribution is 2.22. The number of amides is 1. The van der Waals surface area contributed by atoms with Crippen LogP contribution in [0, 0.1) is 5.92 Å². The molecular formula is C13H21N3O2. The van der Waals surface area contributed by atoms with E-state index in [9.17, 15) is 4.79 Å². The molecule has 0 radical (unpaired) electrons. The molecule has 0 aliphatic carbocycles. The molecule has 0 bridgehead atoms. The molecule has 2 rings (SSSR count). The monoisotopic (exact) mass is 251 g/mol. The first-order valence-corrected chi connectivity index (χ1v) is 6.68. The van der Waals surface area contributed by atoms with E-state index in [0.29, 0.717) is 12.5 Å². The highest BCUT2D eigenvalue weighted by atomic mass is 16.5. The van der Waals surface area contributed by atoms with Crippen molar-refractivity contribution in [3.05, 3.63) is 17.5 Å². The average molecular weight is 251 g/mol. The second-order valence-corrected chi connectivity index (χ2v) is 4.80. The number of nitrogens with one attached hydrogen (secondary N) is 2. The highest BCUT2D eigenvalue weighted by molar-refractivity contribution is 5.79. The van der Waals surface area contributed by atoms with Crippen molar-refractivity contribution in [2.45, 2.75) is 39.2 Å². The molecule has 18 heavy (non-hydrogen) atoms. The molecule has 0 aromatic carbocycles. The standard InChI is InChI=1S/C13H21N3O2/c1-3-9(4-2)12-5-11(18-16-12)8-15-13(17)10-6-14-7-10/h5,9-10,14H,3-4,6-8H2,1-2H3,(H,15,17). The fourth-order valence-corrected chi connectivity index (χ4v) is 2.10. The molecule has 1 saturated heterocycles. The number of hydrogen-bond acceptors (Lipinski definition) is 4. The fraction of sp³-hybridized carbons (Fsp3) is 0.692. The van der Waals surface area contributed by atoms with Gasteiger partial charge in [-0.25, -0.2) is 0 Å². The summed E-state index contributed by atoms with van der Waals surface area (Å²) in [5.74, 6) is 1.40. The molecule has 5 heteroatoms. The van der Waals surface area contributed by atoms with Crippen LogP contribution in [0.1, 0.15) is 44.1 Å². The van der Waals surface area contributed by atoms with Crippen molar-refractivity contribution in [3.8, 4) is 0 Å². The van der Waals surface area contributed by atoms with Crippen LogP contribution in [-0.2, 0) is 11.3 Å². The summed E-state index contributed by atoms with van der Waals surface area (Å²) < 4.78 is 5.25. The topological polar surface area (TPSA) is 67.2 Å². The van der Waals surface area contributed by atoms with E-state index >= 15 is 0 Å². The minimum Gasteiger partial charge on any atom is -0.359 e. The summed E-state index contributed by atoms with van der Waals surface area (Å²) in [6.07, 6.45) is 2.12. The minimum atomic E-state index is 0.0919. The SMILES string of the molecule is CCC(CC)c1cc(CNC(=O)C2CNC2)on1. The Hall–Kier alpha value is -1.36. The summed E-state index contributed by atoms with van der Waals surface area (Å²) in [5, 5.41) is 10.0. The summed E-state index contributed by atoms with van der Waals surface area (Å²) in [6.45, 7) is 6.28. The number of carbonyl (C=O) groups is 1. The van der Waals surface area contributed by atoms with Crippen molar-refractivity contribution in [1.82, 2.24) is 15.8 Å². The normalized spacial score (nSPS) is 15.7. The maximum Gasteiger partial charge on any atom is 0.226 e. The Morgan fingerprint density at radius 2 is 2.28 bits per heavy atom. The summed E-state index contributed by atoms with van der Waals surface area (Å²) in [6, 6.07) is 1.96. The minimum absolute atomic E-state index is 0.0919. The summed E-state index contributed by atoms with van der Waals surface area (Å²) in [7, 11) is 0. The third-order valence-corrected chi connectivity index (χ3v) is 3.57. The Morgan fingerprint density at radius 1 is 1.56 bits per heavy atom. The second kappa shape index (κ2) is 6.00. The molecule has 100 valence electrons. The van der Waals surface area contributed by atoms with Crippen LogP contribution < -0.4 is 10.6 Å². The van der Waals surface area contributed by atoms with Crippen LogP contribution in [0.5, 0.6) is 0 Å². The van der Waals surface area contributed by atoms with E-state index in [1.165, 1.54) is 0 Å². The van der Waals surface area contributed by atoms with Crippen molar-refractivity contribution in [2.75, 3.05) is 13.1 Å². The number of nitrogens with zero attached hydrogens (tertiary/aromatic N) is 1. The van der Waals surface area contributed by atoms with Gasteiger partial charge in [0.25, 0.3) is 0 Å². The molecule has 1 fully saturated rings. The molecule has 1 aromatic heterocycles. The van der Waals surface area contributed by atoms with Crippen molar-refractivity contribution in [1.29, 1.82) is 0 Å². The van der Waals surface area contributed by atoms with E-state index in [2.05, 4.69) is 29.6 Å². The van der Waals surface area contributed by atoms with Gasteiger partial charge in [0.15, 0.2) is 5.76 Å². The molecule has 1 aliphatic rings. The van der Waals surface area contributed by atoms with Gasteiger partial charge < -0.3 is 15.2 Å². The zero-order valence-corrected chi connectivity index (χ0v) is 11.0. The Morgan fingerprint density at radius 3 is 2.83 bits per heavy atom. The predicted octanol–water partition coefficient (Wildman–Crippen LogP) is 1.41. The van der Waals surface area contributed by atoms with Crippen molar-refractivity contribution >= 4 is 5.91 Å². The number of hydrogen-bond donors (Lipinski definition) is 2. The van der Waals surface area contributed by atoms with E-state index in [0.717, 1.165) is 37.4 Å². The number of aromatic nitrogens is 1. The van der Waals surface area contributed by atoms with Crippen molar-refractivity contribution < 1.29 is 9.32 Å². The smallest absolute Gasteiger partial charge is 0.226 e. The Balaban J connectivity index is 1.84. The summed E-state index contributed by atoms with van der Waals surface area (Å²) in [5.41, 5.74) is 0.995. The first kappa shape index (κ1) is 13.1. The van der Waals surface area contributed by atoms with Gasteiger partial charge in [-0.05, 0) is 12.8 Å². The fourth-order valence-electron chi connectivity index (χ4n) is 2.10. The molecule has 5 nitrogen and oxygen atoms in total. The summed E-state index contributed by atoms with van der Waals surface area (Å²) in [4.78, 5) is 11.6. The maximum atomic E-state index is 11.6. The zero-order valence-electron chi connectivity index (χ0n) is 11.0. The number of carbonyl (C=O) groups excluding carboxylic acids is 1. The van der Waals surface area contributed by atoms with Gasteiger partial charge in [-0.3, -0.25) is 4.79 Å². The van der Waals surface area contributed by atoms with Gasteiger partial charge >= 0.3 is 0 Å². The average Bonchev–Trinajstić information content (AvgIpc) is 2.74. The molecule has 2 heterocycles. The van der Waals surface area contributed by atoms with Gasteiger partial charge in [-0.2, -0.15) is 0 Å². The maximum absolute atomic E-state index is 11.6. The van der Waals surface area contributed by atoms with Crippen LogP contribution >= 0.6 is 0 Å². The lowest BCUT2D eigenvalue weighted by Gasteiger charge is -2.25. The van der Waals surface area contributed by atoms with Gasteiger partial charge in [0.1, 0.15) is 0 Å². The van der Waals surface area contributed by atoms with Crippen LogP contribution in [0.4, 0.5) is 0 Å². The highest BCUT2D eigenvalue weighted by Gasteiger charge is 2.24. The van der Waals surface area contributed by atoms with E-state index in [-0.39, 0.29) is 11.8 Å². The van der Waals surface area contributed by atoms with Crippen LogP contribution in [-0.4, -0.2) is 24.2 Å². The van der Waals surface area contributed by atoms with Gasteiger partial charge in [0.05, 0.1) is 18.2 Å². The molecule has 0 saturated carbocycles. The van der Waals surface area contributed by atoms with Gasteiger partial charge in [-0.15, -0.1) is 0 Å². The lowest BCUT2D eigenvalue weighted by Crippen LogP contribution is -2.50. The molecule has 1 aliphatic heterocycles. The Bertz CT molecular complexity index is 395. The largest absolute Gasteiger partial charge is 0.359 e. The van der Waals surface area contributed by atoms with Crippen molar-refractivity contribution in [3.63, 3.8) is 0 Å². The third-order valence-electron chi connectivity index (χ3n) is 3.57. The zero-order chi connectivity index (χ0) is 13.0. The van der Waals surface area contributed by atoms with Crippen LogP contribution in [0.25, 0.3) is 0 Å². The Kier molecular flexibility index (Phi) is 4.36. The lowest BCUT2D eigenvalue weighted by atomic mass is 9.99. The van der Waals surface area contributed by atoms with Crippen molar-refractivity contribution in [2.24, 2.45) is 5.92 Å². The lowest BCUT2D eigenvalue weighted by molar-refractivity contribution is -0.126. The van der Waals surface area contributed by atoms with E-state index < -0.39 is 0 Å². The molecule has 0 spiro atoms. The molecule has 1 amide bonds. The quantitative estimate of drug-likeness (QED) is 0.802.